The van der Waals surface area contributed by atoms with Crippen molar-refractivity contribution < 1.29 is 9.53 Å². The second kappa shape index (κ2) is 8.51. The molecule has 148 valence electrons. The zero-order valence-electron chi connectivity index (χ0n) is 15.6. The number of rotatable bonds is 6. The van der Waals surface area contributed by atoms with Crippen molar-refractivity contribution in [1.29, 1.82) is 5.26 Å². The number of anilines is 1. The minimum Gasteiger partial charge on any atom is -0.470 e. The van der Waals surface area contributed by atoms with E-state index >= 15 is 0 Å². The molecule has 2 heterocycles. The van der Waals surface area contributed by atoms with Crippen molar-refractivity contribution in [3.05, 3.63) is 89.3 Å². The molecule has 1 amide bonds. The van der Waals surface area contributed by atoms with Gasteiger partial charge in [-0.1, -0.05) is 41.9 Å². The molecule has 9 heteroatoms. The Labute approximate surface area is 176 Å². The molecule has 30 heavy (non-hydrogen) atoms. The average Bonchev–Trinajstić information content (AvgIpc) is 3.40. The Morgan fingerprint density at radius 2 is 1.87 bits per heavy atom. The monoisotopic (exact) mass is 418 g/mol. The maximum absolute atomic E-state index is 12.9. The summed E-state index contributed by atoms with van der Waals surface area (Å²) in [5, 5.41) is 21.0. The van der Waals surface area contributed by atoms with Gasteiger partial charge in [-0.15, -0.1) is 0 Å². The number of amides is 1. The van der Waals surface area contributed by atoms with Gasteiger partial charge in [-0.25, -0.2) is 9.36 Å². The summed E-state index contributed by atoms with van der Waals surface area (Å²) in [6.45, 7) is -0.0114. The summed E-state index contributed by atoms with van der Waals surface area (Å²) in [6.07, 6.45) is 2.89. The number of nitrogens with zero attached hydrogens (tertiary/aromatic N) is 5. The van der Waals surface area contributed by atoms with E-state index in [4.69, 9.17) is 16.3 Å². The predicted molar refractivity (Wildman–Crippen MR) is 111 cm³/mol. The van der Waals surface area contributed by atoms with E-state index in [1.54, 1.807) is 30.3 Å². The number of hydrogen-bond acceptors (Lipinski definition) is 5. The smallest absolute Gasteiger partial charge is 0.275 e. The minimum atomic E-state index is -0.454. The van der Waals surface area contributed by atoms with Gasteiger partial charge in [0.15, 0.2) is 12.5 Å². The number of ether oxygens (including phenoxy) is 1. The van der Waals surface area contributed by atoms with Crippen molar-refractivity contribution in [2.45, 2.75) is 6.73 Å². The van der Waals surface area contributed by atoms with Gasteiger partial charge in [0.25, 0.3) is 5.91 Å². The molecule has 0 aliphatic carbocycles. The molecule has 0 aliphatic heterocycles. The first-order valence-corrected chi connectivity index (χ1v) is 9.29. The van der Waals surface area contributed by atoms with Crippen molar-refractivity contribution in [3.63, 3.8) is 0 Å². The molecule has 2 aromatic heterocycles. The maximum atomic E-state index is 12.9. The van der Waals surface area contributed by atoms with Gasteiger partial charge in [-0.2, -0.15) is 15.5 Å². The number of aromatic nitrogens is 4. The molecule has 4 aromatic rings. The van der Waals surface area contributed by atoms with E-state index in [-0.39, 0.29) is 23.8 Å². The molecule has 0 aliphatic rings. The Morgan fingerprint density at radius 3 is 2.63 bits per heavy atom. The van der Waals surface area contributed by atoms with E-state index in [9.17, 15) is 10.1 Å². The van der Waals surface area contributed by atoms with Crippen LogP contribution in [0.2, 0.25) is 5.02 Å². The van der Waals surface area contributed by atoms with Crippen LogP contribution in [0.5, 0.6) is 5.75 Å². The van der Waals surface area contributed by atoms with Crippen LogP contribution < -0.4 is 10.1 Å². The number of halogens is 1. The van der Waals surface area contributed by atoms with E-state index < -0.39 is 5.91 Å². The highest BCUT2D eigenvalue weighted by molar-refractivity contribution is 6.32. The molecule has 0 radical (unpaired) electrons. The predicted octanol–water partition coefficient (Wildman–Crippen LogP) is 3.88. The molecular formula is C21H15ClN6O2. The number of nitrogens with one attached hydrogen (secondary N) is 1. The third kappa shape index (κ3) is 3.87. The third-order valence-corrected chi connectivity index (χ3v) is 4.56. The van der Waals surface area contributed by atoms with Crippen LogP contribution in [0.15, 0.2) is 73.1 Å². The summed E-state index contributed by atoms with van der Waals surface area (Å²) in [5.74, 6) is 0.299. The molecule has 0 unspecified atom stereocenters. The van der Waals surface area contributed by atoms with E-state index in [2.05, 4.69) is 15.5 Å². The van der Waals surface area contributed by atoms with Gasteiger partial charge >= 0.3 is 0 Å². The van der Waals surface area contributed by atoms with E-state index in [0.29, 0.717) is 16.5 Å². The van der Waals surface area contributed by atoms with Gasteiger partial charge in [0.1, 0.15) is 23.1 Å². The van der Waals surface area contributed by atoms with Gasteiger partial charge in [-0.05, 0) is 30.3 Å². The minimum absolute atomic E-state index is 0.0114. The van der Waals surface area contributed by atoms with Crippen LogP contribution in [-0.2, 0) is 6.73 Å². The third-order valence-electron chi connectivity index (χ3n) is 4.25. The normalized spacial score (nSPS) is 10.4. The van der Waals surface area contributed by atoms with Crippen molar-refractivity contribution in [1.82, 2.24) is 19.6 Å². The first-order valence-electron chi connectivity index (χ1n) is 8.91. The van der Waals surface area contributed by atoms with Crippen LogP contribution in [0.25, 0.3) is 5.69 Å². The molecule has 8 nitrogen and oxygen atoms in total. The van der Waals surface area contributed by atoms with Gasteiger partial charge in [0.05, 0.1) is 16.9 Å². The van der Waals surface area contributed by atoms with E-state index in [1.807, 2.05) is 36.4 Å². The van der Waals surface area contributed by atoms with Crippen LogP contribution in [0.4, 0.5) is 5.82 Å². The number of para-hydroxylation sites is 2. The second-order valence-corrected chi connectivity index (χ2v) is 6.55. The molecule has 0 saturated carbocycles. The van der Waals surface area contributed by atoms with Crippen LogP contribution in [0.3, 0.4) is 0 Å². The summed E-state index contributed by atoms with van der Waals surface area (Å²) in [6, 6.07) is 19.8. The number of nitriles is 1. The van der Waals surface area contributed by atoms with Crippen LogP contribution >= 0.6 is 11.6 Å². The lowest BCUT2D eigenvalue weighted by Crippen LogP contribution is -2.21. The molecule has 2 aromatic carbocycles. The Balaban J connectivity index is 1.56. The molecule has 0 fully saturated rings. The van der Waals surface area contributed by atoms with Crippen molar-refractivity contribution in [3.8, 4) is 17.5 Å². The number of hydrogen-bond donors (Lipinski definition) is 1. The summed E-state index contributed by atoms with van der Waals surface area (Å²) in [5.41, 5.74) is 1.21. The Bertz CT molecular complexity index is 1230. The fraction of sp³-hybridized carbons (Fsp3) is 0.0476. The highest BCUT2D eigenvalue weighted by Crippen LogP contribution is 2.24. The molecular weight excluding hydrogens is 404 g/mol. The molecule has 0 bridgehead atoms. The van der Waals surface area contributed by atoms with E-state index in [1.165, 1.54) is 21.8 Å². The fourth-order valence-electron chi connectivity index (χ4n) is 2.81. The average molecular weight is 419 g/mol. The van der Waals surface area contributed by atoms with Gasteiger partial charge < -0.3 is 10.1 Å². The molecule has 4 rings (SSSR count). The highest BCUT2D eigenvalue weighted by Gasteiger charge is 2.19. The number of carbonyl (C=O) groups is 1. The Kier molecular flexibility index (Phi) is 5.46. The van der Waals surface area contributed by atoms with Gasteiger partial charge in [-0.3, -0.25) is 4.79 Å². The van der Waals surface area contributed by atoms with E-state index in [0.717, 1.165) is 0 Å². The SMILES string of the molecule is N#Cc1cnn(-c2ccccc2)c1NC(=O)c1ccnn1COc1ccccc1Cl. The van der Waals surface area contributed by atoms with Gasteiger partial charge in [0.2, 0.25) is 0 Å². The topological polar surface area (TPSA) is 97.8 Å². The number of carbonyl (C=O) groups excluding carboxylic acids is 1. The van der Waals surface area contributed by atoms with Crippen LogP contribution in [-0.4, -0.2) is 25.5 Å². The summed E-state index contributed by atoms with van der Waals surface area (Å²) < 4.78 is 8.56. The lowest BCUT2D eigenvalue weighted by atomic mass is 10.3. The van der Waals surface area contributed by atoms with Crippen LogP contribution in [0.1, 0.15) is 16.1 Å². The number of benzene rings is 2. The standard InChI is InChI=1S/C21H15ClN6O2/c22-17-8-4-5-9-19(17)30-14-27-18(10-11-24-27)21(29)26-20-15(12-23)13-25-28(20)16-6-2-1-3-7-16/h1-11,13H,14H2,(H,26,29). The molecule has 0 spiro atoms. The summed E-state index contributed by atoms with van der Waals surface area (Å²) >= 11 is 6.10. The Morgan fingerprint density at radius 1 is 1.10 bits per heavy atom. The largest absolute Gasteiger partial charge is 0.470 e. The zero-order valence-corrected chi connectivity index (χ0v) is 16.3. The highest BCUT2D eigenvalue weighted by atomic mass is 35.5. The van der Waals surface area contributed by atoms with Crippen molar-refractivity contribution >= 4 is 23.3 Å². The second-order valence-electron chi connectivity index (χ2n) is 6.14. The summed E-state index contributed by atoms with van der Waals surface area (Å²) in [4.78, 5) is 12.9. The lowest BCUT2D eigenvalue weighted by molar-refractivity contribution is 0.100. The zero-order chi connectivity index (χ0) is 20.9. The van der Waals surface area contributed by atoms with Crippen molar-refractivity contribution in [2.24, 2.45) is 0 Å². The maximum Gasteiger partial charge on any atom is 0.275 e. The Hall–Kier alpha value is -4.09. The summed E-state index contributed by atoms with van der Waals surface area (Å²) in [7, 11) is 0. The fourth-order valence-corrected chi connectivity index (χ4v) is 3.00. The van der Waals surface area contributed by atoms with Gasteiger partial charge in [0, 0.05) is 6.20 Å². The molecule has 0 saturated heterocycles. The lowest BCUT2D eigenvalue weighted by Gasteiger charge is -2.12. The first-order chi connectivity index (χ1) is 14.7. The van der Waals surface area contributed by atoms with Crippen molar-refractivity contribution in [2.75, 3.05) is 5.32 Å². The molecule has 1 N–H and O–H groups in total. The first kappa shape index (κ1) is 19.2. The van der Waals surface area contributed by atoms with Crippen LogP contribution in [0, 0.1) is 11.3 Å². The molecule has 0 atom stereocenters. The quantitative estimate of drug-likeness (QED) is 0.512.